The maximum atomic E-state index is 10.4. The third kappa shape index (κ3) is 1.83. The Kier molecular flexibility index (Phi) is 2.60. The highest BCUT2D eigenvalue weighted by Crippen LogP contribution is 2.27. The average molecular weight is 243 g/mol. The van der Waals surface area contributed by atoms with Crippen LogP contribution in [-0.4, -0.2) is 4.92 Å². The summed E-state index contributed by atoms with van der Waals surface area (Å²) in [6.45, 7) is 0. The molecule has 0 aliphatic carbocycles. The molecule has 13 heavy (non-hydrogen) atoms. The molecule has 0 fully saturated rings. The molecule has 0 atom stereocenters. The van der Waals surface area contributed by atoms with E-state index < -0.39 is 4.92 Å². The number of nitriles is 1. The molecule has 66 valence electrons. The van der Waals surface area contributed by atoms with Gasteiger partial charge in [0.05, 0.1) is 9.40 Å². The molecule has 1 rings (SSSR count). The zero-order chi connectivity index (χ0) is 10.0. The van der Waals surface area contributed by atoms with Crippen LogP contribution in [0.15, 0.2) is 16.6 Å². The standard InChI is InChI=1S/C7H4BrN3O2/c8-6-2-5(11(12)13)1-4(3-9)7(6)10/h1-2H,10H2/p+1. The van der Waals surface area contributed by atoms with Gasteiger partial charge in [0.1, 0.15) is 11.6 Å². The summed E-state index contributed by atoms with van der Waals surface area (Å²) in [7, 11) is 0. The number of hydrogen-bond acceptors (Lipinski definition) is 3. The number of nitro groups is 1. The van der Waals surface area contributed by atoms with Crippen LogP contribution in [0.25, 0.3) is 0 Å². The zero-order valence-corrected chi connectivity index (χ0v) is 8.04. The van der Waals surface area contributed by atoms with E-state index in [1.54, 1.807) is 0 Å². The Morgan fingerprint density at radius 1 is 1.62 bits per heavy atom. The second-order valence-corrected chi connectivity index (χ2v) is 3.18. The molecule has 0 aromatic heterocycles. The fourth-order valence-corrected chi connectivity index (χ4v) is 1.28. The topological polar surface area (TPSA) is 94.6 Å². The molecule has 0 amide bonds. The molecule has 1 aromatic carbocycles. The van der Waals surface area contributed by atoms with Gasteiger partial charge in [-0.1, -0.05) is 0 Å². The van der Waals surface area contributed by atoms with E-state index in [0.29, 0.717) is 10.2 Å². The predicted molar refractivity (Wildman–Crippen MR) is 48.1 cm³/mol. The van der Waals surface area contributed by atoms with Crippen molar-refractivity contribution in [3.63, 3.8) is 0 Å². The van der Waals surface area contributed by atoms with Crippen molar-refractivity contribution in [2.45, 2.75) is 0 Å². The molecular formula is C7H5BrN3O2+. The van der Waals surface area contributed by atoms with Gasteiger partial charge >= 0.3 is 0 Å². The summed E-state index contributed by atoms with van der Waals surface area (Å²) < 4.78 is 0.471. The third-order valence-corrected chi connectivity index (χ3v) is 2.22. The molecule has 1 aromatic rings. The van der Waals surface area contributed by atoms with Crippen LogP contribution in [-0.2, 0) is 0 Å². The molecule has 3 N–H and O–H groups in total. The van der Waals surface area contributed by atoms with Crippen molar-refractivity contribution in [3.8, 4) is 6.07 Å². The SMILES string of the molecule is N#Cc1cc([N+](=O)[O-])cc(Br)c1[NH3+]. The van der Waals surface area contributed by atoms with Gasteiger partial charge in [-0.25, -0.2) is 0 Å². The summed E-state index contributed by atoms with van der Waals surface area (Å²) in [6.07, 6.45) is 0. The number of nitro benzene ring substituents is 1. The van der Waals surface area contributed by atoms with Crippen LogP contribution in [0.2, 0.25) is 0 Å². The van der Waals surface area contributed by atoms with Gasteiger partial charge in [0.25, 0.3) is 5.69 Å². The molecule has 0 spiro atoms. The van der Waals surface area contributed by atoms with E-state index in [0.717, 1.165) is 0 Å². The quantitative estimate of drug-likeness (QED) is 0.590. The van der Waals surface area contributed by atoms with E-state index in [2.05, 4.69) is 21.7 Å². The average Bonchev–Trinajstić information content (AvgIpc) is 2.09. The summed E-state index contributed by atoms with van der Waals surface area (Å²) >= 11 is 3.09. The number of hydrogen-bond donors (Lipinski definition) is 1. The minimum Gasteiger partial charge on any atom is -0.323 e. The largest absolute Gasteiger partial charge is 0.323 e. The van der Waals surface area contributed by atoms with E-state index in [4.69, 9.17) is 5.26 Å². The van der Waals surface area contributed by atoms with Gasteiger partial charge in [0.15, 0.2) is 5.69 Å². The molecule has 0 saturated heterocycles. The first kappa shape index (κ1) is 9.64. The molecule has 0 bridgehead atoms. The monoisotopic (exact) mass is 242 g/mol. The van der Waals surface area contributed by atoms with Crippen molar-refractivity contribution < 1.29 is 10.7 Å². The number of benzene rings is 1. The Bertz CT molecular complexity index is 411. The Hall–Kier alpha value is -1.45. The van der Waals surface area contributed by atoms with Crippen molar-refractivity contribution in [2.24, 2.45) is 0 Å². The van der Waals surface area contributed by atoms with E-state index in [1.165, 1.54) is 12.1 Å². The number of halogens is 1. The Balaban J connectivity index is 3.41. The second kappa shape index (κ2) is 3.51. The Morgan fingerprint density at radius 2 is 2.23 bits per heavy atom. The number of nitrogens with zero attached hydrogens (tertiary/aromatic N) is 2. The van der Waals surface area contributed by atoms with Crippen molar-refractivity contribution in [2.75, 3.05) is 0 Å². The molecule has 0 aliphatic heterocycles. The molecule has 5 nitrogen and oxygen atoms in total. The summed E-state index contributed by atoms with van der Waals surface area (Å²) in [5.74, 6) is 0. The van der Waals surface area contributed by atoms with E-state index >= 15 is 0 Å². The predicted octanol–water partition coefficient (Wildman–Crippen LogP) is 1.10. The van der Waals surface area contributed by atoms with Crippen LogP contribution in [0.4, 0.5) is 11.4 Å². The van der Waals surface area contributed by atoms with Crippen LogP contribution in [0.1, 0.15) is 5.56 Å². The fraction of sp³-hybridized carbons (Fsp3) is 0. The maximum Gasteiger partial charge on any atom is 0.272 e. The lowest BCUT2D eigenvalue weighted by molar-refractivity contribution is -0.385. The molecular weight excluding hydrogens is 238 g/mol. The zero-order valence-electron chi connectivity index (χ0n) is 6.45. The summed E-state index contributed by atoms with van der Waals surface area (Å²) in [5, 5.41) is 19.0. The minimum absolute atomic E-state index is 0.115. The first-order chi connectivity index (χ1) is 6.06. The van der Waals surface area contributed by atoms with Gasteiger partial charge < -0.3 is 5.73 Å². The number of quaternary nitrogens is 1. The van der Waals surface area contributed by atoms with Crippen molar-refractivity contribution in [3.05, 3.63) is 32.3 Å². The second-order valence-electron chi connectivity index (χ2n) is 2.32. The molecule has 0 unspecified atom stereocenters. The fourth-order valence-electron chi connectivity index (χ4n) is 0.827. The van der Waals surface area contributed by atoms with Crippen LogP contribution in [0.5, 0.6) is 0 Å². The van der Waals surface area contributed by atoms with Gasteiger partial charge in [-0.3, -0.25) is 10.1 Å². The van der Waals surface area contributed by atoms with Gasteiger partial charge in [-0.05, 0) is 15.9 Å². The van der Waals surface area contributed by atoms with Crippen LogP contribution < -0.4 is 5.73 Å². The van der Waals surface area contributed by atoms with Crippen molar-refractivity contribution in [1.82, 2.24) is 0 Å². The number of rotatable bonds is 1. The Labute approximate surface area is 82.0 Å². The lowest BCUT2D eigenvalue weighted by Crippen LogP contribution is -2.41. The maximum absolute atomic E-state index is 10.4. The van der Waals surface area contributed by atoms with Gasteiger partial charge in [-0.15, -0.1) is 0 Å². The van der Waals surface area contributed by atoms with Crippen LogP contribution >= 0.6 is 15.9 Å². The van der Waals surface area contributed by atoms with E-state index in [1.807, 2.05) is 6.07 Å². The van der Waals surface area contributed by atoms with Crippen molar-refractivity contribution in [1.29, 1.82) is 5.26 Å². The van der Waals surface area contributed by atoms with Crippen LogP contribution in [0, 0.1) is 21.4 Å². The first-order valence-electron chi connectivity index (χ1n) is 3.26. The molecule has 0 heterocycles. The molecule has 0 saturated carbocycles. The summed E-state index contributed by atoms with van der Waals surface area (Å²) in [4.78, 5) is 9.84. The highest BCUT2D eigenvalue weighted by atomic mass is 79.9. The first-order valence-corrected chi connectivity index (χ1v) is 4.05. The minimum atomic E-state index is -0.551. The lowest BCUT2D eigenvalue weighted by atomic mass is 10.2. The molecule has 0 radical (unpaired) electrons. The van der Waals surface area contributed by atoms with Crippen LogP contribution in [0.3, 0.4) is 0 Å². The molecule has 0 aliphatic rings. The molecule has 6 heteroatoms. The summed E-state index contributed by atoms with van der Waals surface area (Å²) in [6, 6.07) is 4.36. The van der Waals surface area contributed by atoms with Crippen molar-refractivity contribution >= 4 is 27.3 Å². The normalized spacial score (nSPS) is 9.31. The number of non-ortho nitro benzene ring substituents is 1. The van der Waals surface area contributed by atoms with E-state index in [9.17, 15) is 10.1 Å². The highest BCUT2D eigenvalue weighted by Gasteiger charge is 2.15. The highest BCUT2D eigenvalue weighted by molar-refractivity contribution is 9.10. The smallest absolute Gasteiger partial charge is 0.272 e. The lowest BCUT2D eigenvalue weighted by Gasteiger charge is -1.96. The van der Waals surface area contributed by atoms with Gasteiger partial charge in [0, 0.05) is 12.1 Å². The van der Waals surface area contributed by atoms with Gasteiger partial charge in [0.2, 0.25) is 0 Å². The third-order valence-electron chi connectivity index (χ3n) is 1.51. The van der Waals surface area contributed by atoms with E-state index in [-0.39, 0.29) is 11.3 Å². The summed E-state index contributed by atoms with van der Waals surface area (Å²) in [5.41, 5.74) is 4.16. The van der Waals surface area contributed by atoms with Gasteiger partial charge in [-0.2, -0.15) is 5.26 Å². The Morgan fingerprint density at radius 3 is 2.69 bits per heavy atom.